The van der Waals surface area contributed by atoms with E-state index in [0.717, 1.165) is 48.1 Å². The molecule has 0 radical (unpaired) electrons. The molecule has 0 aliphatic carbocycles. The second kappa shape index (κ2) is 6.13. The van der Waals surface area contributed by atoms with Gasteiger partial charge in [0.2, 0.25) is 0 Å². The largest absolute Gasteiger partial charge is 0.454 e. The van der Waals surface area contributed by atoms with E-state index in [0.29, 0.717) is 11.4 Å². The molecule has 1 aliphatic rings. The highest BCUT2D eigenvalue weighted by Gasteiger charge is 2.20. The third kappa shape index (κ3) is 2.59. The molecule has 1 unspecified atom stereocenters. The van der Waals surface area contributed by atoms with Gasteiger partial charge in [0.1, 0.15) is 5.75 Å². The van der Waals surface area contributed by atoms with Crippen LogP contribution in [0.3, 0.4) is 0 Å². The van der Waals surface area contributed by atoms with E-state index >= 15 is 0 Å². The number of nitrogen functional groups attached to an aromatic ring is 1. The first-order valence-corrected chi connectivity index (χ1v) is 8.20. The number of rotatable bonds is 3. The predicted molar refractivity (Wildman–Crippen MR) is 92.0 cm³/mol. The van der Waals surface area contributed by atoms with Crippen molar-refractivity contribution in [1.82, 2.24) is 14.8 Å². The number of ether oxygens (including phenoxy) is 2. The molecule has 1 atom stereocenters. The van der Waals surface area contributed by atoms with E-state index in [-0.39, 0.29) is 6.23 Å². The molecule has 3 aromatic rings. The summed E-state index contributed by atoms with van der Waals surface area (Å²) in [6, 6.07) is 5.87. The molecule has 0 saturated carbocycles. The Kier molecular flexibility index (Phi) is 3.82. The number of hydrogen-bond acceptors (Lipinski definition) is 5. The van der Waals surface area contributed by atoms with Gasteiger partial charge in [-0.2, -0.15) is 5.10 Å². The smallest absolute Gasteiger partial charge is 0.153 e. The van der Waals surface area contributed by atoms with E-state index in [4.69, 9.17) is 15.2 Å². The normalized spacial score (nSPS) is 18.0. The summed E-state index contributed by atoms with van der Waals surface area (Å²) in [7, 11) is 0. The fourth-order valence-corrected chi connectivity index (χ4v) is 3.08. The van der Waals surface area contributed by atoms with Gasteiger partial charge >= 0.3 is 0 Å². The maximum absolute atomic E-state index is 6.09. The van der Waals surface area contributed by atoms with E-state index in [1.165, 1.54) is 0 Å². The summed E-state index contributed by atoms with van der Waals surface area (Å²) in [6.45, 7) is 2.80. The molecule has 1 fully saturated rings. The molecule has 6 nitrogen and oxygen atoms in total. The van der Waals surface area contributed by atoms with Crippen LogP contribution in [0.4, 0.5) is 5.69 Å². The Morgan fingerprint density at radius 1 is 1.25 bits per heavy atom. The van der Waals surface area contributed by atoms with E-state index in [1.807, 2.05) is 23.9 Å². The molecular weight excluding hydrogens is 304 g/mol. The van der Waals surface area contributed by atoms with Crippen LogP contribution in [0.1, 0.15) is 31.1 Å². The molecule has 24 heavy (non-hydrogen) atoms. The lowest BCUT2D eigenvalue weighted by atomic mass is 10.1. The maximum Gasteiger partial charge on any atom is 0.153 e. The predicted octanol–water partition coefficient (Wildman–Crippen LogP) is 3.81. The van der Waals surface area contributed by atoms with Crippen molar-refractivity contribution in [3.8, 4) is 11.5 Å². The molecule has 0 amide bonds. The second-order valence-electron chi connectivity index (χ2n) is 6.07. The van der Waals surface area contributed by atoms with Gasteiger partial charge in [0, 0.05) is 18.9 Å². The van der Waals surface area contributed by atoms with Gasteiger partial charge in [-0.3, -0.25) is 4.98 Å². The number of hydrogen-bond donors (Lipinski definition) is 1. The molecule has 1 aliphatic heterocycles. The number of benzene rings is 1. The minimum Gasteiger partial charge on any atom is -0.454 e. The van der Waals surface area contributed by atoms with Crippen LogP contribution in [0, 0.1) is 6.92 Å². The van der Waals surface area contributed by atoms with Gasteiger partial charge in [0.05, 0.1) is 29.0 Å². The molecule has 6 heteroatoms. The number of aryl methyl sites for hydroxylation is 1. The summed E-state index contributed by atoms with van der Waals surface area (Å²) >= 11 is 0. The summed E-state index contributed by atoms with van der Waals surface area (Å²) in [5.41, 5.74) is 8.51. The lowest BCUT2D eigenvalue weighted by Crippen LogP contribution is -2.18. The molecule has 3 heterocycles. The van der Waals surface area contributed by atoms with Crippen LogP contribution in [-0.2, 0) is 4.74 Å². The van der Waals surface area contributed by atoms with Gasteiger partial charge in [0.15, 0.2) is 12.0 Å². The lowest BCUT2D eigenvalue weighted by Gasteiger charge is -2.23. The van der Waals surface area contributed by atoms with Crippen molar-refractivity contribution in [2.75, 3.05) is 12.3 Å². The van der Waals surface area contributed by atoms with Crippen LogP contribution in [0.5, 0.6) is 11.5 Å². The number of aromatic nitrogens is 3. The first-order chi connectivity index (χ1) is 11.7. The molecule has 4 rings (SSSR count). The number of fused-ring (bicyclic) bond motifs is 1. The highest BCUT2D eigenvalue weighted by Crippen LogP contribution is 2.36. The van der Waals surface area contributed by atoms with E-state index in [2.05, 4.69) is 16.1 Å². The summed E-state index contributed by atoms with van der Waals surface area (Å²) in [6.07, 6.45) is 8.35. The standard InChI is InChI=1S/C18H20N4O2/c1-12-5-6-15-13(10-21-22(15)17-4-2-3-9-23-17)18(12)24-16-7-8-20-11-14(16)19/h5-8,10-11,17H,2-4,9,19H2,1H3. The van der Waals surface area contributed by atoms with Crippen molar-refractivity contribution in [3.05, 3.63) is 42.4 Å². The Bertz CT molecular complexity index is 869. The maximum atomic E-state index is 6.09. The zero-order valence-electron chi connectivity index (χ0n) is 13.6. The van der Waals surface area contributed by atoms with Crippen LogP contribution in [0.15, 0.2) is 36.8 Å². The highest BCUT2D eigenvalue weighted by atomic mass is 16.5. The van der Waals surface area contributed by atoms with Crippen LogP contribution < -0.4 is 10.5 Å². The van der Waals surface area contributed by atoms with Gasteiger partial charge < -0.3 is 15.2 Å². The fourth-order valence-electron chi connectivity index (χ4n) is 3.08. The number of pyridine rings is 1. The van der Waals surface area contributed by atoms with Crippen LogP contribution in [0.2, 0.25) is 0 Å². The van der Waals surface area contributed by atoms with Crippen molar-refractivity contribution in [3.63, 3.8) is 0 Å². The summed E-state index contributed by atoms with van der Waals surface area (Å²) in [5.74, 6) is 1.37. The van der Waals surface area contributed by atoms with E-state index in [1.54, 1.807) is 18.5 Å². The molecule has 0 spiro atoms. The highest BCUT2D eigenvalue weighted by molar-refractivity contribution is 5.87. The molecular formula is C18H20N4O2. The minimum atomic E-state index is -0.00204. The molecule has 1 aromatic carbocycles. The summed E-state index contributed by atoms with van der Waals surface area (Å²) < 4.78 is 13.9. The fraction of sp³-hybridized carbons (Fsp3) is 0.333. The first-order valence-electron chi connectivity index (χ1n) is 8.20. The molecule has 2 aromatic heterocycles. The SMILES string of the molecule is Cc1ccc2c(cnn2C2CCCCO2)c1Oc1ccncc1N. The average Bonchev–Trinajstić information content (AvgIpc) is 3.04. The zero-order valence-corrected chi connectivity index (χ0v) is 13.6. The number of nitrogens with zero attached hydrogens (tertiary/aromatic N) is 3. The summed E-state index contributed by atoms with van der Waals surface area (Å²) in [5, 5.41) is 5.51. The molecule has 124 valence electrons. The Balaban J connectivity index is 1.77. The molecule has 1 saturated heterocycles. The minimum absolute atomic E-state index is 0.00204. The first kappa shape index (κ1) is 15.0. The third-order valence-electron chi connectivity index (χ3n) is 4.38. The van der Waals surface area contributed by atoms with Crippen molar-refractivity contribution in [2.45, 2.75) is 32.4 Å². The average molecular weight is 324 g/mol. The van der Waals surface area contributed by atoms with Gasteiger partial charge in [-0.1, -0.05) is 6.07 Å². The zero-order chi connectivity index (χ0) is 16.5. The molecule has 0 bridgehead atoms. The van der Waals surface area contributed by atoms with Crippen molar-refractivity contribution in [1.29, 1.82) is 0 Å². The van der Waals surface area contributed by atoms with Gasteiger partial charge in [-0.25, -0.2) is 4.68 Å². The van der Waals surface area contributed by atoms with Crippen LogP contribution >= 0.6 is 0 Å². The second-order valence-corrected chi connectivity index (χ2v) is 6.07. The van der Waals surface area contributed by atoms with Crippen molar-refractivity contribution < 1.29 is 9.47 Å². The van der Waals surface area contributed by atoms with Gasteiger partial charge in [-0.15, -0.1) is 0 Å². The Labute approximate surface area is 140 Å². The Hall–Kier alpha value is -2.60. The van der Waals surface area contributed by atoms with Crippen LogP contribution in [0.25, 0.3) is 10.9 Å². The monoisotopic (exact) mass is 324 g/mol. The van der Waals surface area contributed by atoms with E-state index < -0.39 is 0 Å². The van der Waals surface area contributed by atoms with Crippen LogP contribution in [-0.4, -0.2) is 21.4 Å². The van der Waals surface area contributed by atoms with Gasteiger partial charge in [0.25, 0.3) is 0 Å². The molecule has 2 N–H and O–H groups in total. The Morgan fingerprint density at radius 2 is 2.17 bits per heavy atom. The number of anilines is 1. The quantitative estimate of drug-likeness (QED) is 0.793. The lowest BCUT2D eigenvalue weighted by molar-refractivity contribution is -0.0366. The van der Waals surface area contributed by atoms with Crippen molar-refractivity contribution >= 4 is 16.6 Å². The van der Waals surface area contributed by atoms with Gasteiger partial charge in [-0.05, 0) is 37.8 Å². The topological polar surface area (TPSA) is 75.2 Å². The van der Waals surface area contributed by atoms with Crippen molar-refractivity contribution in [2.24, 2.45) is 0 Å². The summed E-state index contributed by atoms with van der Waals surface area (Å²) in [4.78, 5) is 4.00. The number of nitrogens with two attached hydrogens (primary N) is 1. The third-order valence-corrected chi connectivity index (χ3v) is 4.38. The van der Waals surface area contributed by atoms with E-state index in [9.17, 15) is 0 Å². The Morgan fingerprint density at radius 3 is 2.96 bits per heavy atom.